The van der Waals surface area contributed by atoms with Gasteiger partial charge in [-0.2, -0.15) is 5.10 Å². The number of phenolic OH excluding ortho intramolecular Hbond substituents is 1. The number of hydrogen-bond acceptors (Lipinski definition) is 4. The minimum Gasteiger partial charge on any atom is -0.507 e. The van der Waals surface area contributed by atoms with Crippen LogP contribution in [-0.2, 0) is 13.1 Å². The Balaban J connectivity index is 1.44. The van der Waals surface area contributed by atoms with Crippen LogP contribution in [-0.4, -0.2) is 17.2 Å². The minimum atomic E-state index is -0.324. The highest BCUT2D eigenvalue weighted by Gasteiger charge is 2.20. The predicted octanol–water partition coefficient (Wildman–Crippen LogP) is 3.82. The quantitative estimate of drug-likeness (QED) is 0.538. The zero-order valence-electron chi connectivity index (χ0n) is 15.0. The SMILES string of the molecule is O=C(N/N=C/c1ccccc1O)c1ccc2c(c1)CN(c1ccc(F)cc1)C2. The van der Waals surface area contributed by atoms with Gasteiger partial charge in [0.2, 0.25) is 0 Å². The van der Waals surface area contributed by atoms with Crippen LogP contribution in [0.5, 0.6) is 5.75 Å². The molecule has 1 amide bonds. The number of para-hydroxylation sites is 1. The number of fused-ring (bicyclic) bond motifs is 1. The third-order valence-corrected chi connectivity index (χ3v) is 4.69. The van der Waals surface area contributed by atoms with Crippen molar-refractivity contribution < 1.29 is 14.3 Å². The Labute approximate surface area is 161 Å². The molecular weight excluding hydrogens is 357 g/mol. The number of amides is 1. The number of carbonyl (C=O) groups excluding carboxylic acids is 1. The lowest BCUT2D eigenvalue weighted by Crippen LogP contribution is -2.18. The summed E-state index contributed by atoms with van der Waals surface area (Å²) in [5.74, 6) is -0.489. The van der Waals surface area contributed by atoms with Gasteiger partial charge < -0.3 is 10.0 Å². The molecule has 1 aliphatic heterocycles. The highest BCUT2D eigenvalue weighted by molar-refractivity contribution is 5.95. The molecule has 4 rings (SSSR count). The summed E-state index contributed by atoms with van der Waals surface area (Å²) in [6, 6.07) is 18.7. The van der Waals surface area contributed by atoms with Crippen LogP contribution >= 0.6 is 0 Å². The van der Waals surface area contributed by atoms with Crippen molar-refractivity contribution in [1.29, 1.82) is 0 Å². The summed E-state index contributed by atoms with van der Waals surface area (Å²) in [6.45, 7) is 1.37. The molecule has 0 fully saturated rings. The lowest BCUT2D eigenvalue weighted by atomic mass is 10.1. The molecular formula is C22H18FN3O2. The van der Waals surface area contributed by atoms with Crippen LogP contribution in [0.4, 0.5) is 10.1 Å². The Morgan fingerprint density at radius 3 is 2.57 bits per heavy atom. The van der Waals surface area contributed by atoms with Gasteiger partial charge in [0.15, 0.2) is 0 Å². The molecule has 0 bridgehead atoms. The van der Waals surface area contributed by atoms with Gasteiger partial charge in [-0.3, -0.25) is 4.79 Å². The summed E-state index contributed by atoms with van der Waals surface area (Å²) < 4.78 is 13.1. The van der Waals surface area contributed by atoms with E-state index in [0.717, 1.165) is 16.8 Å². The fourth-order valence-corrected chi connectivity index (χ4v) is 3.19. The number of benzene rings is 3. The Morgan fingerprint density at radius 1 is 1.04 bits per heavy atom. The second kappa shape index (κ2) is 7.52. The Morgan fingerprint density at radius 2 is 1.79 bits per heavy atom. The molecule has 3 aromatic rings. The number of nitrogens with one attached hydrogen (secondary N) is 1. The van der Waals surface area contributed by atoms with Crippen LogP contribution in [0.15, 0.2) is 71.8 Å². The van der Waals surface area contributed by atoms with Gasteiger partial charge in [-0.15, -0.1) is 0 Å². The van der Waals surface area contributed by atoms with Crippen LogP contribution in [0.2, 0.25) is 0 Å². The molecule has 0 radical (unpaired) electrons. The number of hydrogen-bond donors (Lipinski definition) is 2. The maximum Gasteiger partial charge on any atom is 0.271 e. The van der Waals surface area contributed by atoms with Gasteiger partial charge in [-0.05, 0) is 59.7 Å². The van der Waals surface area contributed by atoms with Crippen LogP contribution in [0, 0.1) is 5.82 Å². The molecule has 1 aliphatic rings. The van der Waals surface area contributed by atoms with E-state index in [1.165, 1.54) is 18.3 Å². The van der Waals surface area contributed by atoms with Crippen molar-refractivity contribution in [2.45, 2.75) is 13.1 Å². The van der Waals surface area contributed by atoms with E-state index in [9.17, 15) is 14.3 Å². The van der Waals surface area contributed by atoms with Crippen LogP contribution < -0.4 is 10.3 Å². The Kier molecular flexibility index (Phi) is 4.76. The van der Waals surface area contributed by atoms with Gasteiger partial charge in [0.1, 0.15) is 11.6 Å². The van der Waals surface area contributed by atoms with Gasteiger partial charge in [0.25, 0.3) is 5.91 Å². The first-order chi connectivity index (χ1) is 13.6. The van der Waals surface area contributed by atoms with E-state index in [-0.39, 0.29) is 17.5 Å². The van der Waals surface area contributed by atoms with Crippen molar-refractivity contribution in [1.82, 2.24) is 5.43 Å². The molecule has 5 nitrogen and oxygen atoms in total. The van der Waals surface area contributed by atoms with E-state index in [2.05, 4.69) is 15.4 Å². The van der Waals surface area contributed by atoms with Gasteiger partial charge in [-0.25, -0.2) is 9.82 Å². The summed E-state index contributed by atoms with van der Waals surface area (Å²) in [5.41, 5.74) is 6.64. The average molecular weight is 375 g/mol. The summed E-state index contributed by atoms with van der Waals surface area (Å²) in [6.07, 6.45) is 1.40. The number of rotatable bonds is 4. The van der Waals surface area contributed by atoms with E-state index in [0.29, 0.717) is 24.2 Å². The Bertz CT molecular complexity index is 1050. The molecule has 3 aromatic carbocycles. The number of aromatic hydroxyl groups is 1. The van der Waals surface area contributed by atoms with E-state index < -0.39 is 0 Å². The number of phenols is 1. The van der Waals surface area contributed by atoms with Crippen molar-refractivity contribution >= 4 is 17.8 Å². The molecule has 0 aliphatic carbocycles. The van der Waals surface area contributed by atoms with E-state index in [4.69, 9.17) is 0 Å². The largest absolute Gasteiger partial charge is 0.507 e. The average Bonchev–Trinajstić information content (AvgIpc) is 3.13. The summed E-state index contributed by atoms with van der Waals surface area (Å²) in [7, 11) is 0. The summed E-state index contributed by atoms with van der Waals surface area (Å²) in [5, 5.41) is 13.6. The van der Waals surface area contributed by atoms with Crippen molar-refractivity contribution in [2.75, 3.05) is 4.90 Å². The van der Waals surface area contributed by atoms with Crippen molar-refractivity contribution in [3.05, 3.63) is 94.8 Å². The number of anilines is 1. The molecule has 28 heavy (non-hydrogen) atoms. The smallest absolute Gasteiger partial charge is 0.271 e. The molecule has 6 heteroatoms. The minimum absolute atomic E-state index is 0.0962. The number of nitrogens with zero attached hydrogens (tertiary/aromatic N) is 2. The molecule has 0 unspecified atom stereocenters. The summed E-state index contributed by atoms with van der Waals surface area (Å²) >= 11 is 0. The number of halogens is 1. The van der Waals surface area contributed by atoms with Gasteiger partial charge in [0.05, 0.1) is 6.21 Å². The topological polar surface area (TPSA) is 64.9 Å². The van der Waals surface area contributed by atoms with Gasteiger partial charge in [0, 0.05) is 29.9 Å². The second-order valence-corrected chi connectivity index (χ2v) is 6.57. The fraction of sp³-hybridized carbons (Fsp3) is 0.0909. The molecule has 2 N–H and O–H groups in total. The molecule has 0 aromatic heterocycles. The maximum absolute atomic E-state index is 13.1. The fourth-order valence-electron chi connectivity index (χ4n) is 3.19. The highest BCUT2D eigenvalue weighted by Crippen LogP contribution is 2.29. The first-order valence-corrected chi connectivity index (χ1v) is 8.84. The first kappa shape index (κ1) is 17.7. The monoisotopic (exact) mass is 375 g/mol. The third-order valence-electron chi connectivity index (χ3n) is 4.69. The molecule has 0 spiro atoms. The molecule has 0 saturated carbocycles. The van der Waals surface area contributed by atoms with E-state index in [1.54, 1.807) is 42.5 Å². The maximum atomic E-state index is 13.1. The van der Waals surface area contributed by atoms with Crippen LogP contribution in [0.1, 0.15) is 27.0 Å². The number of hydrazone groups is 1. The lowest BCUT2D eigenvalue weighted by Gasteiger charge is -2.17. The normalized spacial score (nSPS) is 13.0. The zero-order valence-corrected chi connectivity index (χ0v) is 15.0. The molecule has 0 saturated heterocycles. The molecule has 0 atom stereocenters. The number of carbonyl (C=O) groups is 1. The predicted molar refractivity (Wildman–Crippen MR) is 106 cm³/mol. The Hall–Kier alpha value is -3.67. The van der Waals surface area contributed by atoms with Crippen LogP contribution in [0.25, 0.3) is 0 Å². The molecule has 140 valence electrons. The first-order valence-electron chi connectivity index (χ1n) is 8.84. The standard InChI is InChI=1S/C22H18FN3O2/c23-19-7-9-20(10-8-19)26-13-17-6-5-15(11-18(17)14-26)22(28)25-24-12-16-3-1-2-4-21(16)27/h1-12,27H,13-14H2,(H,25,28)/b24-12+. The highest BCUT2D eigenvalue weighted by atomic mass is 19.1. The summed E-state index contributed by atoms with van der Waals surface area (Å²) in [4.78, 5) is 14.5. The van der Waals surface area contributed by atoms with E-state index >= 15 is 0 Å². The molecule has 1 heterocycles. The van der Waals surface area contributed by atoms with Crippen LogP contribution in [0.3, 0.4) is 0 Å². The zero-order chi connectivity index (χ0) is 19.5. The van der Waals surface area contributed by atoms with Crippen molar-refractivity contribution in [2.24, 2.45) is 5.10 Å². The van der Waals surface area contributed by atoms with Gasteiger partial charge >= 0.3 is 0 Å². The van der Waals surface area contributed by atoms with Crippen molar-refractivity contribution in [3.63, 3.8) is 0 Å². The lowest BCUT2D eigenvalue weighted by molar-refractivity contribution is 0.0955. The van der Waals surface area contributed by atoms with Gasteiger partial charge in [-0.1, -0.05) is 18.2 Å². The van der Waals surface area contributed by atoms with E-state index in [1.807, 2.05) is 12.1 Å². The second-order valence-electron chi connectivity index (χ2n) is 6.57. The third kappa shape index (κ3) is 3.71. The van der Waals surface area contributed by atoms with Crippen molar-refractivity contribution in [3.8, 4) is 5.75 Å².